The van der Waals surface area contributed by atoms with Gasteiger partial charge < -0.3 is 26.0 Å². The molecule has 37 heavy (non-hydrogen) atoms. The minimum Gasteiger partial charge on any atom is -0.596 e. The second-order valence-electron chi connectivity index (χ2n) is 10.0. The van der Waals surface area contributed by atoms with Crippen LogP contribution in [0.3, 0.4) is 0 Å². The lowest BCUT2D eigenvalue weighted by atomic mass is 9.92. The number of imidazole rings is 1. The van der Waals surface area contributed by atoms with Crippen molar-refractivity contribution < 1.29 is 19.4 Å². The van der Waals surface area contributed by atoms with Gasteiger partial charge in [-0.2, -0.15) is 0 Å². The third kappa shape index (κ3) is 7.36. The molecule has 1 saturated heterocycles. The molecule has 0 bridgehead atoms. The first-order valence-electron chi connectivity index (χ1n) is 13.2. The van der Waals surface area contributed by atoms with Crippen LogP contribution in [0.5, 0.6) is 0 Å². The Balaban J connectivity index is 0.000000479. The monoisotopic (exact) mass is 533 g/mol. The Morgan fingerprint density at radius 3 is 2.38 bits per heavy atom. The number of amides is 1. The standard InChI is InChI=1S/C22H31N5O3.C4H9O2P/c23-10-13-26-20(21(29)25-14-11-24-12-15-25)19(16-6-2-1-3-7-16)27(22(26)30)17-8-4-5-9-18(17)28;1-4(2)3-7(5)6/h1-3,6-7,17-18,24,28H,4-5,8-15,23H2;4H,3H2,1-2H3. The molecule has 3 unspecified atom stereocenters. The second-order valence-corrected chi connectivity index (χ2v) is 11.1. The second kappa shape index (κ2) is 14.0. The molecule has 1 aliphatic heterocycles. The average Bonchev–Trinajstić information content (AvgIpc) is 3.16. The number of aliphatic hydroxyl groups is 1. The Morgan fingerprint density at radius 1 is 1.19 bits per heavy atom. The molecule has 1 saturated carbocycles. The maximum absolute atomic E-state index is 13.6. The first kappa shape index (κ1) is 29.2. The van der Waals surface area contributed by atoms with E-state index in [1.165, 1.54) is 4.57 Å². The fourth-order valence-electron chi connectivity index (χ4n) is 5.00. The van der Waals surface area contributed by atoms with Gasteiger partial charge in [-0.3, -0.25) is 13.9 Å². The lowest BCUT2D eigenvalue weighted by Crippen LogP contribution is -2.47. The number of carbonyl (C=O) groups excluding carboxylic acids is 1. The van der Waals surface area contributed by atoms with Gasteiger partial charge in [0, 0.05) is 44.8 Å². The van der Waals surface area contributed by atoms with Crippen LogP contribution in [-0.4, -0.2) is 70.0 Å². The highest BCUT2D eigenvalue weighted by atomic mass is 31.1. The third-order valence-electron chi connectivity index (χ3n) is 6.72. The summed E-state index contributed by atoms with van der Waals surface area (Å²) in [6.45, 7) is 6.94. The Labute approximate surface area is 219 Å². The summed E-state index contributed by atoms with van der Waals surface area (Å²) in [7, 11) is -2.14. The predicted octanol–water partition coefficient (Wildman–Crippen LogP) is 1.54. The van der Waals surface area contributed by atoms with Crippen molar-refractivity contribution in [3.63, 3.8) is 0 Å². The Hall–Kier alpha value is -2.36. The SMILES string of the molecule is CC(C)C[P+](=O)[O-].NCCn1c(C(=O)N2CCNCC2)c(-c2ccccc2)n(C2CCCCC2O)c1=O. The topological polar surface area (TPSA) is 146 Å². The minimum atomic E-state index is -2.14. The number of benzene rings is 1. The van der Waals surface area contributed by atoms with E-state index in [9.17, 15) is 24.2 Å². The summed E-state index contributed by atoms with van der Waals surface area (Å²) in [5.41, 5.74) is 7.36. The predicted molar refractivity (Wildman–Crippen MR) is 143 cm³/mol. The number of rotatable bonds is 7. The summed E-state index contributed by atoms with van der Waals surface area (Å²) in [5, 5.41) is 14.0. The van der Waals surface area contributed by atoms with E-state index in [0.29, 0.717) is 37.1 Å². The van der Waals surface area contributed by atoms with E-state index in [0.717, 1.165) is 37.9 Å². The molecule has 1 aromatic heterocycles. The normalized spacial score (nSPS) is 20.4. The van der Waals surface area contributed by atoms with E-state index in [2.05, 4.69) is 5.32 Å². The van der Waals surface area contributed by atoms with Gasteiger partial charge in [-0.05, 0) is 18.8 Å². The number of aromatic nitrogens is 2. The zero-order valence-electron chi connectivity index (χ0n) is 21.8. The highest BCUT2D eigenvalue weighted by Gasteiger charge is 2.35. The first-order chi connectivity index (χ1) is 17.8. The minimum absolute atomic E-state index is 0.148. The summed E-state index contributed by atoms with van der Waals surface area (Å²) in [6.07, 6.45) is 2.99. The Kier molecular flexibility index (Phi) is 11.0. The van der Waals surface area contributed by atoms with Gasteiger partial charge in [0.05, 0.1) is 17.8 Å². The molecule has 2 fully saturated rings. The summed E-state index contributed by atoms with van der Waals surface area (Å²) < 4.78 is 13.0. The lowest BCUT2D eigenvalue weighted by Gasteiger charge is -2.30. The fraction of sp³-hybridized carbons (Fsp3) is 0.615. The molecule has 1 aromatic carbocycles. The molecule has 10 nitrogen and oxygen atoms in total. The molecule has 2 aliphatic rings. The van der Waals surface area contributed by atoms with Gasteiger partial charge in [-0.1, -0.05) is 61.6 Å². The van der Waals surface area contributed by atoms with E-state index in [1.807, 2.05) is 44.2 Å². The van der Waals surface area contributed by atoms with Gasteiger partial charge in [0.2, 0.25) is 0 Å². The lowest BCUT2D eigenvalue weighted by molar-refractivity contribution is -0.164. The highest BCUT2D eigenvalue weighted by Crippen LogP contribution is 2.34. The van der Waals surface area contributed by atoms with Crippen LogP contribution in [0, 0.1) is 5.92 Å². The third-order valence-corrected chi connectivity index (χ3v) is 7.75. The van der Waals surface area contributed by atoms with Crippen molar-refractivity contribution in [3.8, 4) is 11.3 Å². The Bertz CT molecular complexity index is 1090. The fourth-order valence-corrected chi connectivity index (χ4v) is 5.60. The summed E-state index contributed by atoms with van der Waals surface area (Å²) in [4.78, 5) is 38.9. The van der Waals surface area contributed by atoms with Crippen molar-refractivity contribution in [1.29, 1.82) is 0 Å². The quantitative estimate of drug-likeness (QED) is 0.458. The van der Waals surface area contributed by atoms with Crippen molar-refractivity contribution in [2.24, 2.45) is 11.7 Å². The highest BCUT2D eigenvalue weighted by molar-refractivity contribution is 7.36. The van der Waals surface area contributed by atoms with Gasteiger partial charge in [-0.25, -0.2) is 4.79 Å². The van der Waals surface area contributed by atoms with Crippen LogP contribution in [0.2, 0.25) is 0 Å². The molecule has 11 heteroatoms. The number of aliphatic hydroxyl groups excluding tert-OH is 1. The van der Waals surface area contributed by atoms with Crippen LogP contribution in [0.25, 0.3) is 11.3 Å². The van der Waals surface area contributed by atoms with E-state index in [-0.39, 0.29) is 36.6 Å². The van der Waals surface area contributed by atoms with Crippen molar-refractivity contribution in [1.82, 2.24) is 19.4 Å². The molecule has 4 rings (SSSR count). The van der Waals surface area contributed by atoms with Gasteiger partial charge in [-0.15, -0.1) is 0 Å². The number of piperazine rings is 1. The molecule has 3 atom stereocenters. The maximum atomic E-state index is 13.6. The largest absolute Gasteiger partial charge is 0.596 e. The molecule has 2 aromatic rings. The number of carbonyl (C=O) groups is 1. The van der Waals surface area contributed by atoms with Gasteiger partial charge in [0.25, 0.3) is 5.91 Å². The van der Waals surface area contributed by atoms with E-state index >= 15 is 0 Å². The molecule has 0 radical (unpaired) electrons. The average molecular weight is 534 g/mol. The molecule has 204 valence electrons. The summed E-state index contributed by atoms with van der Waals surface area (Å²) in [6, 6.07) is 9.22. The zero-order valence-corrected chi connectivity index (χ0v) is 22.7. The number of hydrogen-bond donors (Lipinski definition) is 3. The molecule has 0 spiro atoms. The van der Waals surface area contributed by atoms with Crippen molar-refractivity contribution in [3.05, 3.63) is 46.5 Å². The number of nitrogens with two attached hydrogens (primary N) is 1. The molecular formula is C26H40N5O5P. The molecule has 1 aliphatic carbocycles. The van der Waals surface area contributed by atoms with Crippen molar-refractivity contribution >= 4 is 13.9 Å². The van der Waals surface area contributed by atoms with E-state index < -0.39 is 14.1 Å². The van der Waals surface area contributed by atoms with Gasteiger partial charge in [0.15, 0.2) is 0 Å². The number of nitrogens with one attached hydrogen (secondary N) is 1. The number of hydrogen-bond acceptors (Lipinski definition) is 7. The van der Waals surface area contributed by atoms with Gasteiger partial charge in [0.1, 0.15) is 11.9 Å². The van der Waals surface area contributed by atoms with Crippen LogP contribution >= 0.6 is 8.03 Å². The van der Waals surface area contributed by atoms with Crippen molar-refractivity contribution in [2.45, 2.75) is 58.2 Å². The zero-order chi connectivity index (χ0) is 26.9. The van der Waals surface area contributed by atoms with Crippen LogP contribution in [0.1, 0.15) is 56.1 Å². The molecule has 1 amide bonds. The first-order valence-corrected chi connectivity index (χ1v) is 14.5. The molecular weight excluding hydrogens is 493 g/mol. The van der Waals surface area contributed by atoms with Crippen LogP contribution in [0.15, 0.2) is 35.1 Å². The summed E-state index contributed by atoms with van der Waals surface area (Å²) >= 11 is 0. The Morgan fingerprint density at radius 2 is 1.84 bits per heavy atom. The van der Waals surface area contributed by atoms with Crippen molar-refractivity contribution in [2.75, 3.05) is 38.9 Å². The van der Waals surface area contributed by atoms with Crippen LogP contribution in [-0.2, 0) is 11.1 Å². The maximum Gasteiger partial charge on any atom is 0.329 e. The van der Waals surface area contributed by atoms with E-state index in [1.54, 1.807) is 9.47 Å². The van der Waals surface area contributed by atoms with Crippen LogP contribution < -0.4 is 21.6 Å². The van der Waals surface area contributed by atoms with Gasteiger partial charge >= 0.3 is 13.7 Å². The van der Waals surface area contributed by atoms with Crippen LogP contribution in [0.4, 0.5) is 0 Å². The number of nitrogens with zero attached hydrogens (tertiary/aromatic N) is 3. The smallest absolute Gasteiger partial charge is 0.329 e. The summed E-state index contributed by atoms with van der Waals surface area (Å²) in [5.74, 6) is 0.131. The molecule has 4 N–H and O–H groups in total. The molecule has 2 heterocycles. The van der Waals surface area contributed by atoms with E-state index in [4.69, 9.17) is 5.73 Å².